The molecule has 0 heterocycles. The Kier molecular flexibility index (Phi) is 6.07. The van der Waals surface area contributed by atoms with Crippen molar-refractivity contribution in [3.05, 3.63) is 45.0 Å². The van der Waals surface area contributed by atoms with Gasteiger partial charge in [0.05, 0.1) is 5.56 Å². The second-order valence-corrected chi connectivity index (χ2v) is 13.2. The molecule has 0 aromatic heterocycles. The number of hydrogen-bond acceptors (Lipinski definition) is 4. The van der Waals surface area contributed by atoms with E-state index < -0.39 is 5.60 Å². The van der Waals surface area contributed by atoms with E-state index in [1.165, 1.54) is 0 Å². The summed E-state index contributed by atoms with van der Waals surface area (Å²) >= 11 is 2.22. The molecule has 3 saturated carbocycles. The molecule has 0 saturated heterocycles. The van der Waals surface area contributed by atoms with Crippen LogP contribution in [0.1, 0.15) is 83.0 Å². The number of benzene rings is 1. The molecular weight excluding hydrogens is 539 g/mol. The van der Waals surface area contributed by atoms with Gasteiger partial charge in [-0.05, 0) is 122 Å². The smallest absolute Gasteiger partial charge is 0.338 e. The van der Waals surface area contributed by atoms with Crippen LogP contribution in [-0.4, -0.2) is 28.6 Å². The number of ether oxygens (including phenoxy) is 1. The summed E-state index contributed by atoms with van der Waals surface area (Å²) in [7, 11) is 0. The zero-order valence-electron chi connectivity index (χ0n) is 20.8. The van der Waals surface area contributed by atoms with Crippen LogP contribution in [0.25, 0.3) is 0 Å². The summed E-state index contributed by atoms with van der Waals surface area (Å²) in [6, 6.07) is 7.60. The second kappa shape index (κ2) is 8.43. The number of fused-ring (bicyclic) bond motifs is 5. The first-order chi connectivity index (χ1) is 16.0. The number of hydrogen-bond donors (Lipinski definition) is 1. The minimum Gasteiger partial charge on any atom is -0.459 e. The molecule has 4 nitrogen and oxygen atoms in total. The Balaban J connectivity index is 1.35. The van der Waals surface area contributed by atoms with Gasteiger partial charge in [0.1, 0.15) is 11.7 Å². The van der Waals surface area contributed by atoms with Crippen molar-refractivity contribution in [3.63, 3.8) is 0 Å². The van der Waals surface area contributed by atoms with Gasteiger partial charge in [-0.15, -0.1) is 0 Å². The van der Waals surface area contributed by atoms with Crippen molar-refractivity contribution in [1.82, 2.24) is 0 Å². The van der Waals surface area contributed by atoms with E-state index in [4.69, 9.17) is 4.74 Å². The average molecular weight is 577 g/mol. The van der Waals surface area contributed by atoms with Crippen LogP contribution in [0.2, 0.25) is 0 Å². The highest BCUT2D eigenvalue weighted by Gasteiger charge is 2.66. The Morgan fingerprint density at radius 3 is 2.62 bits per heavy atom. The van der Waals surface area contributed by atoms with Gasteiger partial charge in [-0.3, -0.25) is 4.79 Å². The predicted octanol–water partition coefficient (Wildman–Crippen LogP) is 6.35. The second-order valence-electron chi connectivity index (χ2n) is 12.0. The molecule has 0 spiro atoms. The maximum absolute atomic E-state index is 12.8. The number of carbonyl (C=O) groups excluding carboxylic acids is 2. The van der Waals surface area contributed by atoms with E-state index in [0.717, 1.165) is 48.5 Å². The Bertz CT molecular complexity index is 1050. The number of esters is 1. The lowest BCUT2D eigenvalue weighted by Crippen LogP contribution is -2.56. The Labute approximate surface area is 217 Å². The van der Waals surface area contributed by atoms with Crippen LogP contribution < -0.4 is 0 Å². The summed E-state index contributed by atoms with van der Waals surface area (Å²) in [5, 5.41) is 11.6. The first-order valence-corrected chi connectivity index (χ1v) is 14.0. The first-order valence-electron chi connectivity index (χ1n) is 12.9. The van der Waals surface area contributed by atoms with Gasteiger partial charge in [0.15, 0.2) is 5.78 Å². The number of allylic oxidation sites excluding steroid dienone is 2. The highest BCUT2D eigenvalue weighted by Crippen LogP contribution is 2.67. The third-order valence-electron chi connectivity index (χ3n) is 10.4. The van der Waals surface area contributed by atoms with Gasteiger partial charge < -0.3 is 9.84 Å². The molecule has 5 heteroatoms. The highest BCUT2D eigenvalue weighted by atomic mass is 127. The number of ketones is 1. The summed E-state index contributed by atoms with van der Waals surface area (Å²) < 4.78 is 7.02. The van der Waals surface area contributed by atoms with Crippen LogP contribution >= 0.6 is 22.6 Å². The fourth-order valence-electron chi connectivity index (χ4n) is 8.52. The molecule has 5 rings (SSSR count). The third-order valence-corrected chi connectivity index (χ3v) is 11.1. The van der Waals surface area contributed by atoms with Gasteiger partial charge in [0.25, 0.3) is 0 Å². The molecule has 0 amide bonds. The highest BCUT2D eigenvalue weighted by molar-refractivity contribution is 14.1. The van der Waals surface area contributed by atoms with Crippen molar-refractivity contribution < 1.29 is 19.4 Å². The first kappa shape index (κ1) is 24.5. The molecule has 1 aromatic carbocycles. The summed E-state index contributed by atoms with van der Waals surface area (Å²) in [6.45, 7) is 8.21. The molecule has 4 aliphatic carbocycles. The Morgan fingerprint density at radius 1 is 1.15 bits per heavy atom. The van der Waals surface area contributed by atoms with Crippen molar-refractivity contribution in [3.8, 4) is 0 Å². The molecular formula is C29H37IO4. The maximum atomic E-state index is 12.8. The van der Waals surface area contributed by atoms with Crippen molar-refractivity contribution in [2.45, 2.75) is 84.3 Å². The van der Waals surface area contributed by atoms with Gasteiger partial charge in [-0.2, -0.15) is 0 Å². The van der Waals surface area contributed by atoms with E-state index in [2.05, 4.69) is 49.4 Å². The summed E-state index contributed by atoms with van der Waals surface area (Å²) in [4.78, 5) is 25.4. The van der Waals surface area contributed by atoms with Gasteiger partial charge in [0.2, 0.25) is 0 Å². The summed E-state index contributed by atoms with van der Waals surface area (Å²) in [6.07, 6.45) is 9.14. The van der Waals surface area contributed by atoms with E-state index in [1.54, 1.807) is 12.5 Å². The number of rotatable bonds is 3. The van der Waals surface area contributed by atoms with Gasteiger partial charge >= 0.3 is 5.97 Å². The fourth-order valence-corrected chi connectivity index (χ4v) is 9.07. The fraction of sp³-hybridized carbons (Fsp3) is 0.655. The van der Waals surface area contributed by atoms with Gasteiger partial charge in [-0.25, -0.2) is 4.79 Å². The number of carbonyl (C=O) groups is 2. The lowest BCUT2D eigenvalue weighted by Gasteiger charge is -2.57. The lowest BCUT2D eigenvalue weighted by atomic mass is 9.48. The van der Waals surface area contributed by atoms with Crippen molar-refractivity contribution in [1.29, 1.82) is 0 Å². The summed E-state index contributed by atoms with van der Waals surface area (Å²) in [5.41, 5.74) is 0.712. The third kappa shape index (κ3) is 3.47. The monoisotopic (exact) mass is 576 g/mol. The van der Waals surface area contributed by atoms with E-state index in [9.17, 15) is 14.7 Å². The molecule has 0 bridgehead atoms. The number of aliphatic hydroxyl groups is 1. The Morgan fingerprint density at radius 2 is 1.91 bits per heavy atom. The van der Waals surface area contributed by atoms with E-state index in [0.29, 0.717) is 23.3 Å². The van der Waals surface area contributed by atoms with E-state index >= 15 is 0 Å². The van der Waals surface area contributed by atoms with Gasteiger partial charge in [-0.1, -0.05) is 38.5 Å². The van der Waals surface area contributed by atoms with Crippen LogP contribution in [0, 0.1) is 38.1 Å². The molecule has 1 N–H and O–H groups in total. The van der Waals surface area contributed by atoms with Crippen molar-refractivity contribution in [2.24, 2.45) is 34.5 Å². The quantitative estimate of drug-likeness (QED) is 0.259. The Hall–Kier alpha value is -1.21. The molecule has 0 unspecified atom stereocenters. The molecule has 34 heavy (non-hydrogen) atoms. The molecule has 0 radical (unpaired) electrons. The topological polar surface area (TPSA) is 63.6 Å². The molecule has 4 aliphatic rings. The van der Waals surface area contributed by atoms with Gasteiger partial charge in [0, 0.05) is 8.99 Å². The van der Waals surface area contributed by atoms with Crippen LogP contribution in [0.15, 0.2) is 35.9 Å². The van der Waals surface area contributed by atoms with Crippen molar-refractivity contribution >= 4 is 34.3 Å². The molecule has 0 aliphatic heterocycles. The van der Waals surface area contributed by atoms with Crippen LogP contribution in [0.3, 0.4) is 0 Å². The normalized spacial score (nSPS) is 43.2. The molecule has 184 valence electrons. The molecule has 8 atom stereocenters. The maximum Gasteiger partial charge on any atom is 0.338 e. The van der Waals surface area contributed by atoms with Crippen LogP contribution in [0.4, 0.5) is 0 Å². The molecule has 1 aromatic rings. The zero-order chi connectivity index (χ0) is 24.5. The number of Topliss-reactive ketones (excluding diaryl/α,β-unsaturated/α-hetero) is 1. The largest absolute Gasteiger partial charge is 0.459 e. The van der Waals surface area contributed by atoms with E-state index in [1.807, 2.05) is 24.3 Å². The number of halogens is 1. The van der Waals surface area contributed by atoms with Crippen molar-refractivity contribution in [2.75, 3.05) is 0 Å². The molecule has 3 fully saturated rings. The lowest BCUT2D eigenvalue weighted by molar-refractivity contribution is -0.156. The SMILES string of the molecule is CC(=O)[C@]1(O)[C@H](C)C[C@@H]2[C@@H]3CC[C@@H]4C[C@H](OC(=O)c5cccc(I)c5)CC[C@]4(C)C3=CC[C@]21C. The van der Waals surface area contributed by atoms with Crippen LogP contribution in [-0.2, 0) is 9.53 Å². The predicted molar refractivity (Wildman–Crippen MR) is 140 cm³/mol. The summed E-state index contributed by atoms with van der Waals surface area (Å²) in [5.74, 6) is 1.02. The minimum atomic E-state index is -1.22. The van der Waals surface area contributed by atoms with E-state index in [-0.39, 0.29) is 34.6 Å². The van der Waals surface area contributed by atoms with Crippen LogP contribution in [0.5, 0.6) is 0 Å². The standard InChI is InChI=1S/C29H37IO4/c1-17-14-25-23-9-8-20-16-22(34-26(32)19-6-5-7-21(30)15-19)10-12-27(20,3)24(23)11-13-28(25,4)29(17,33)18(2)31/h5-7,11,15,17,20,22-23,25,33H,8-10,12-14,16H2,1-4H3/t17-,20-,22-,23-,25-,27+,28-,29-/m1/s1. The minimum absolute atomic E-state index is 0.00512. The zero-order valence-corrected chi connectivity index (χ0v) is 22.9. The average Bonchev–Trinajstić information content (AvgIpc) is 3.01.